The van der Waals surface area contributed by atoms with E-state index in [1.165, 1.54) is 6.42 Å². The van der Waals surface area contributed by atoms with Gasteiger partial charge in [-0.25, -0.2) is 0 Å². The van der Waals surface area contributed by atoms with E-state index in [-0.39, 0.29) is 11.5 Å². The standard InChI is InChI=1S/C16H33N3O/c1-12(2)8-9-18-15(17)19-11-13-7-6-10-20-14(13)16(3,4)5/h12-14H,6-11H2,1-5H3,(H3,17,18,19). The van der Waals surface area contributed by atoms with Gasteiger partial charge in [0.2, 0.25) is 0 Å². The molecular formula is C16H33N3O. The van der Waals surface area contributed by atoms with E-state index in [2.05, 4.69) is 44.9 Å². The van der Waals surface area contributed by atoms with Gasteiger partial charge in [-0.1, -0.05) is 34.6 Å². The Morgan fingerprint density at radius 2 is 2.10 bits per heavy atom. The van der Waals surface area contributed by atoms with Crippen LogP contribution >= 0.6 is 0 Å². The summed E-state index contributed by atoms with van der Waals surface area (Å²) in [7, 11) is 0. The molecule has 1 fully saturated rings. The zero-order valence-electron chi connectivity index (χ0n) is 13.9. The van der Waals surface area contributed by atoms with Gasteiger partial charge in [-0.2, -0.15) is 0 Å². The number of ether oxygens (including phenoxy) is 1. The molecule has 0 radical (unpaired) electrons. The molecule has 3 N–H and O–H groups in total. The summed E-state index contributed by atoms with van der Waals surface area (Å²) in [6, 6.07) is 0. The van der Waals surface area contributed by atoms with E-state index in [0.29, 0.717) is 17.8 Å². The molecule has 0 aromatic carbocycles. The molecule has 0 aliphatic carbocycles. The van der Waals surface area contributed by atoms with E-state index in [0.717, 1.165) is 32.5 Å². The lowest BCUT2D eigenvalue weighted by Gasteiger charge is -2.39. The molecule has 1 aliphatic rings. The molecule has 1 heterocycles. The molecule has 2 atom stereocenters. The zero-order chi connectivity index (χ0) is 15.2. The van der Waals surface area contributed by atoms with Gasteiger partial charge >= 0.3 is 0 Å². The second-order valence-corrected chi connectivity index (χ2v) is 7.39. The third-order valence-corrected chi connectivity index (χ3v) is 3.82. The Labute approximate surface area is 124 Å². The van der Waals surface area contributed by atoms with E-state index in [9.17, 15) is 0 Å². The van der Waals surface area contributed by atoms with Gasteiger partial charge in [-0.3, -0.25) is 4.99 Å². The summed E-state index contributed by atoms with van der Waals surface area (Å²) in [5.41, 5.74) is 6.10. The molecule has 0 aromatic heterocycles. The maximum absolute atomic E-state index is 5.97. The summed E-state index contributed by atoms with van der Waals surface area (Å²) < 4.78 is 5.97. The van der Waals surface area contributed by atoms with Crippen molar-refractivity contribution in [3.63, 3.8) is 0 Å². The van der Waals surface area contributed by atoms with Crippen molar-refractivity contribution in [2.75, 3.05) is 19.7 Å². The monoisotopic (exact) mass is 283 g/mol. The molecule has 1 aliphatic heterocycles. The van der Waals surface area contributed by atoms with Gasteiger partial charge in [-0.05, 0) is 30.6 Å². The summed E-state index contributed by atoms with van der Waals surface area (Å²) in [5, 5.41) is 3.19. The molecule has 20 heavy (non-hydrogen) atoms. The van der Waals surface area contributed by atoms with Crippen LogP contribution in [0.15, 0.2) is 4.99 Å². The van der Waals surface area contributed by atoms with Crippen LogP contribution in [0.1, 0.15) is 53.9 Å². The highest BCUT2D eigenvalue weighted by Crippen LogP contribution is 2.34. The molecule has 0 saturated carbocycles. The number of nitrogens with one attached hydrogen (secondary N) is 1. The molecule has 118 valence electrons. The van der Waals surface area contributed by atoms with Crippen molar-refractivity contribution >= 4 is 5.96 Å². The number of guanidine groups is 1. The molecule has 4 heteroatoms. The summed E-state index contributed by atoms with van der Waals surface area (Å²) in [5.74, 6) is 1.74. The fourth-order valence-electron chi connectivity index (χ4n) is 2.75. The summed E-state index contributed by atoms with van der Waals surface area (Å²) in [6.45, 7) is 13.7. The number of aliphatic imine (C=N–C) groups is 1. The van der Waals surface area contributed by atoms with Crippen LogP contribution in [-0.4, -0.2) is 31.8 Å². The van der Waals surface area contributed by atoms with Crippen LogP contribution in [0.25, 0.3) is 0 Å². The predicted octanol–water partition coefficient (Wildman–Crippen LogP) is 2.78. The quantitative estimate of drug-likeness (QED) is 0.602. The Morgan fingerprint density at radius 3 is 2.70 bits per heavy atom. The molecule has 0 aromatic rings. The molecule has 1 rings (SSSR count). The Bertz CT molecular complexity index is 307. The third kappa shape index (κ3) is 6.12. The first-order chi connectivity index (χ1) is 9.30. The molecule has 0 spiro atoms. The summed E-state index contributed by atoms with van der Waals surface area (Å²) >= 11 is 0. The van der Waals surface area contributed by atoms with Gasteiger partial charge < -0.3 is 15.8 Å². The molecular weight excluding hydrogens is 250 g/mol. The molecule has 1 saturated heterocycles. The fraction of sp³-hybridized carbons (Fsp3) is 0.938. The van der Waals surface area contributed by atoms with Crippen LogP contribution in [-0.2, 0) is 4.74 Å². The summed E-state index contributed by atoms with van der Waals surface area (Å²) in [4.78, 5) is 4.51. The topological polar surface area (TPSA) is 59.6 Å². The van der Waals surface area contributed by atoms with Crippen LogP contribution in [0.2, 0.25) is 0 Å². The van der Waals surface area contributed by atoms with Gasteiger partial charge in [0.25, 0.3) is 0 Å². The third-order valence-electron chi connectivity index (χ3n) is 3.82. The van der Waals surface area contributed by atoms with Gasteiger partial charge in [0, 0.05) is 25.6 Å². The van der Waals surface area contributed by atoms with Gasteiger partial charge in [-0.15, -0.1) is 0 Å². The SMILES string of the molecule is CC(C)CCNC(N)=NCC1CCCOC1C(C)(C)C. The Balaban J connectivity index is 2.44. The average Bonchev–Trinajstić information content (AvgIpc) is 2.35. The van der Waals surface area contributed by atoms with Gasteiger partial charge in [0.1, 0.15) is 0 Å². The molecule has 0 amide bonds. The number of nitrogens with zero attached hydrogens (tertiary/aromatic N) is 1. The highest BCUT2D eigenvalue weighted by molar-refractivity contribution is 5.77. The van der Waals surface area contributed by atoms with Crippen LogP contribution in [0.4, 0.5) is 0 Å². The fourth-order valence-corrected chi connectivity index (χ4v) is 2.75. The normalized spacial score (nSPS) is 25.0. The van der Waals surface area contributed by atoms with Crippen LogP contribution in [0.5, 0.6) is 0 Å². The minimum Gasteiger partial charge on any atom is -0.377 e. The number of rotatable bonds is 5. The van der Waals surface area contributed by atoms with E-state index in [1.54, 1.807) is 0 Å². The Morgan fingerprint density at radius 1 is 1.40 bits per heavy atom. The number of hydrogen-bond donors (Lipinski definition) is 2. The zero-order valence-corrected chi connectivity index (χ0v) is 13.9. The van der Waals surface area contributed by atoms with Gasteiger partial charge in [0.15, 0.2) is 5.96 Å². The highest BCUT2D eigenvalue weighted by Gasteiger charge is 2.35. The lowest BCUT2D eigenvalue weighted by atomic mass is 9.78. The first-order valence-electron chi connectivity index (χ1n) is 7.96. The van der Waals surface area contributed by atoms with E-state index < -0.39 is 0 Å². The molecule has 4 nitrogen and oxygen atoms in total. The van der Waals surface area contributed by atoms with Crippen LogP contribution < -0.4 is 11.1 Å². The predicted molar refractivity (Wildman–Crippen MR) is 85.9 cm³/mol. The van der Waals surface area contributed by atoms with Crippen molar-refractivity contribution in [2.45, 2.75) is 60.0 Å². The van der Waals surface area contributed by atoms with E-state index in [1.807, 2.05) is 0 Å². The maximum atomic E-state index is 5.97. The van der Waals surface area contributed by atoms with Gasteiger partial charge in [0.05, 0.1) is 6.10 Å². The molecule has 2 unspecified atom stereocenters. The summed E-state index contributed by atoms with van der Waals surface area (Å²) in [6.07, 6.45) is 3.72. The van der Waals surface area contributed by atoms with Crippen LogP contribution in [0.3, 0.4) is 0 Å². The van der Waals surface area contributed by atoms with Crippen molar-refractivity contribution in [3.05, 3.63) is 0 Å². The van der Waals surface area contributed by atoms with E-state index >= 15 is 0 Å². The van der Waals surface area contributed by atoms with Crippen molar-refractivity contribution < 1.29 is 4.74 Å². The second-order valence-electron chi connectivity index (χ2n) is 7.39. The number of nitrogens with two attached hydrogens (primary N) is 1. The molecule has 0 bridgehead atoms. The largest absolute Gasteiger partial charge is 0.377 e. The Hall–Kier alpha value is -0.770. The average molecular weight is 283 g/mol. The van der Waals surface area contributed by atoms with Crippen molar-refractivity contribution in [2.24, 2.45) is 28.0 Å². The van der Waals surface area contributed by atoms with Crippen molar-refractivity contribution in [3.8, 4) is 0 Å². The van der Waals surface area contributed by atoms with Crippen molar-refractivity contribution in [1.29, 1.82) is 0 Å². The lowest BCUT2D eigenvalue weighted by molar-refractivity contribution is -0.0823. The lowest BCUT2D eigenvalue weighted by Crippen LogP contribution is -2.42. The smallest absolute Gasteiger partial charge is 0.188 e. The van der Waals surface area contributed by atoms with Crippen LogP contribution in [0, 0.1) is 17.3 Å². The Kier molecular flexibility index (Phi) is 6.80. The second kappa shape index (κ2) is 7.87. The number of hydrogen-bond acceptors (Lipinski definition) is 2. The van der Waals surface area contributed by atoms with Crippen molar-refractivity contribution in [1.82, 2.24) is 5.32 Å². The highest BCUT2D eigenvalue weighted by atomic mass is 16.5. The minimum absolute atomic E-state index is 0.167. The minimum atomic E-state index is 0.167. The van der Waals surface area contributed by atoms with E-state index in [4.69, 9.17) is 10.5 Å². The first kappa shape index (κ1) is 17.3. The first-order valence-corrected chi connectivity index (χ1v) is 7.96. The maximum Gasteiger partial charge on any atom is 0.188 e.